The van der Waals surface area contributed by atoms with Crippen LogP contribution in [0.15, 0.2) is 48.8 Å². The molecule has 2 N–H and O–H groups in total. The van der Waals surface area contributed by atoms with E-state index in [2.05, 4.69) is 16.9 Å². The van der Waals surface area contributed by atoms with Crippen LogP contribution in [0.3, 0.4) is 0 Å². The Morgan fingerprint density at radius 3 is 2.81 bits per heavy atom. The number of nitrogens with two attached hydrogens (primary N) is 1. The molecular weight excluding hydrogens is 459 g/mol. The van der Waals surface area contributed by atoms with Crippen LogP contribution < -0.4 is 10.6 Å². The Bertz CT molecular complexity index is 1400. The number of halogens is 1. The molecule has 8 nitrogen and oxygen atoms in total. The molecule has 5 heterocycles. The fourth-order valence-electron chi connectivity index (χ4n) is 5.17. The summed E-state index contributed by atoms with van der Waals surface area (Å²) in [6.07, 6.45) is 6.44. The van der Waals surface area contributed by atoms with Crippen LogP contribution in [0.2, 0.25) is 0 Å². The van der Waals surface area contributed by atoms with Crippen molar-refractivity contribution < 1.29 is 13.9 Å². The molecule has 0 bridgehead atoms. The van der Waals surface area contributed by atoms with Crippen molar-refractivity contribution in [3.63, 3.8) is 0 Å². The summed E-state index contributed by atoms with van der Waals surface area (Å²) in [5.74, 6) is 0.443. The van der Waals surface area contributed by atoms with Gasteiger partial charge in [0.15, 0.2) is 6.23 Å². The molecule has 9 heteroatoms. The monoisotopic (exact) mass is 488 g/mol. The van der Waals surface area contributed by atoms with Crippen LogP contribution in [0.4, 0.5) is 15.9 Å². The lowest BCUT2D eigenvalue weighted by Crippen LogP contribution is -2.44. The van der Waals surface area contributed by atoms with Gasteiger partial charge in [-0.05, 0) is 68.1 Å². The summed E-state index contributed by atoms with van der Waals surface area (Å²) >= 11 is 0. The maximum atomic E-state index is 14.4. The zero-order valence-corrected chi connectivity index (χ0v) is 20.2. The number of pyridine rings is 2. The van der Waals surface area contributed by atoms with E-state index in [1.165, 1.54) is 12.1 Å². The highest BCUT2D eigenvalue weighted by molar-refractivity contribution is 6.03. The van der Waals surface area contributed by atoms with Crippen molar-refractivity contribution in [2.75, 3.05) is 37.0 Å². The topological polar surface area (TPSA) is 91.3 Å². The highest BCUT2D eigenvalue weighted by Crippen LogP contribution is 2.39. The molecule has 2 atom stereocenters. The van der Waals surface area contributed by atoms with Crippen molar-refractivity contribution in [1.82, 2.24) is 19.7 Å². The summed E-state index contributed by atoms with van der Waals surface area (Å²) in [4.78, 5) is 12.1. The van der Waals surface area contributed by atoms with Gasteiger partial charge in [-0.3, -0.25) is 4.98 Å². The Kier molecular flexibility index (Phi) is 6.02. The molecule has 4 aromatic rings. The lowest BCUT2D eigenvalue weighted by molar-refractivity contribution is -0.0383. The molecule has 186 valence electrons. The molecule has 2 fully saturated rings. The van der Waals surface area contributed by atoms with Crippen molar-refractivity contribution in [3.8, 4) is 22.5 Å². The van der Waals surface area contributed by atoms with E-state index in [0.29, 0.717) is 48.8 Å². The Labute approximate surface area is 208 Å². The maximum Gasteiger partial charge on any atom is 0.150 e. The minimum absolute atomic E-state index is 0.137. The fraction of sp³-hybridized carbons (Fsp3) is 0.370. The number of hydrogen-bond donors (Lipinski definition) is 1. The average molecular weight is 489 g/mol. The SMILES string of the molecule is CC1COCCN1c1cc(-c2cc(F)ccc2N)c2ccnc(-c3ccnn3C3CCCCO3)c2n1. The molecule has 0 amide bonds. The first-order valence-corrected chi connectivity index (χ1v) is 12.4. The van der Waals surface area contributed by atoms with Crippen LogP contribution in [0.1, 0.15) is 32.4 Å². The van der Waals surface area contributed by atoms with Crippen molar-refractivity contribution in [2.24, 2.45) is 0 Å². The number of nitrogens with zero attached hydrogens (tertiary/aromatic N) is 5. The van der Waals surface area contributed by atoms with E-state index in [4.69, 9.17) is 25.2 Å². The van der Waals surface area contributed by atoms with E-state index in [0.717, 1.165) is 41.7 Å². The van der Waals surface area contributed by atoms with Gasteiger partial charge in [-0.25, -0.2) is 14.1 Å². The molecular formula is C27H29FN6O2. The van der Waals surface area contributed by atoms with E-state index in [1.54, 1.807) is 18.5 Å². The summed E-state index contributed by atoms with van der Waals surface area (Å²) < 4.78 is 28.0. The van der Waals surface area contributed by atoms with E-state index in [1.807, 2.05) is 22.9 Å². The van der Waals surface area contributed by atoms with Crippen LogP contribution in [0.5, 0.6) is 0 Å². The van der Waals surface area contributed by atoms with Gasteiger partial charge >= 0.3 is 0 Å². The molecule has 0 radical (unpaired) electrons. The highest BCUT2D eigenvalue weighted by atomic mass is 19.1. The van der Waals surface area contributed by atoms with Gasteiger partial charge in [0, 0.05) is 42.2 Å². The predicted molar refractivity (Wildman–Crippen MR) is 137 cm³/mol. The van der Waals surface area contributed by atoms with Crippen LogP contribution in [-0.2, 0) is 9.47 Å². The fourth-order valence-corrected chi connectivity index (χ4v) is 5.17. The third-order valence-electron chi connectivity index (χ3n) is 7.02. The lowest BCUT2D eigenvalue weighted by atomic mass is 9.98. The van der Waals surface area contributed by atoms with Gasteiger partial charge < -0.3 is 20.1 Å². The summed E-state index contributed by atoms with van der Waals surface area (Å²) in [5.41, 5.74) is 10.6. The largest absolute Gasteiger partial charge is 0.398 e. The van der Waals surface area contributed by atoms with Crippen molar-refractivity contribution >= 4 is 22.4 Å². The number of morpholine rings is 1. The number of ether oxygens (including phenoxy) is 2. The van der Waals surface area contributed by atoms with E-state index in [9.17, 15) is 4.39 Å². The molecule has 0 aliphatic carbocycles. The van der Waals surface area contributed by atoms with E-state index < -0.39 is 0 Å². The third-order valence-corrected chi connectivity index (χ3v) is 7.02. The van der Waals surface area contributed by atoms with E-state index in [-0.39, 0.29) is 18.1 Å². The van der Waals surface area contributed by atoms with Crippen LogP contribution in [0.25, 0.3) is 33.4 Å². The summed E-state index contributed by atoms with van der Waals surface area (Å²) in [5, 5.41) is 5.43. The zero-order valence-electron chi connectivity index (χ0n) is 20.2. The average Bonchev–Trinajstić information content (AvgIpc) is 3.40. The maximum absolute atomic E-state index is 14.4. The Morgan fingerprint density at radius 2 is 1.97 bits per heavy atom. The molecule has 1 aromatic carbocycles. The van der Waals surface area contributed by atoms with Gasteiger partial charge in [0.2, 0.25) is 0 Å². The minimum Gasteiger partial charge on any atom is -0.398 e. The number of aromatic nitrogens is 4. The van der Waals surface area contributed by atoms with Gasteiger partial charge in [-0.1, -0.05) is 0 Å². The highest BCUT2D eigenvalue weighted by Gasteiger charge is 2.25. The molecule has 2 unspecified atom stereocenters. The number of hydrogen-bond acceptors (Lipinski definition) is 7. The number of rotatable bonds is 4. The van der Waals surface area contributed by atoms with Gasteiger partial charge in [-0.2, -0.15) is 5.10 Å². The number of benzene rings is 1. The number of fused-ring (bicyclic) bond motifs is 1. The summed E-state index contributed by atoms with van der Waals surface area (Å²) in [6.45, 7) is 4.77. The molecule has 2 aliphatic heterocycles. The number of nitrogen functional groups attached to an aromatic ring is 1. The normalized spacial score (nSPS) is 20.7. The standard InChI is InChI=1S/C27H29FN6O2/c1-17-16-35-13-11-33(17)24-15-20(21-14-18(28)5-6-22(21)29)19-7-9-30-27(26(19)32-24)23-8-10-31-34(23)25-4-2-3-12-36-25/h5-10,14-15,17,25H,2-4,11-13,16,29H2,1H3. The molecule has 3 aromatic heterocycles. The molecule has 0 spiro atoms. The number of anilines is 2. The second-order valence-corrected chi connectivity index (χ2v) is 9.41. The minimum atomic E-state index is -0.341. The second-order valence-electron chi connectivity index (χ2n) is 9.41. The molecule has 36 heavy (non-hydrogen) atoms. The van der Waals surface area contributed by atoms with Crippen molar-refractivity contribution in [2.45, 2.75) is 38.5 Å². The summed E-state index contributed by atoms with van der Waals surface area (Å²) in [7, 11) is 0. The second kappa shape index (κ2) is 9.48. The van der Waals surface area contributed by atoms with Gasteiger partial charge in [0.05, 0.1) is 24.9 Å². The van der Waals surface area contributed by atoms with Crippen molar-refractivity contribution in [1.29, 1.82) is 0 Å². The van der Waals surface area contributed by atoms with Crippen LogP contribution in [0, 0.1) is 5.82 Å². The smallest absolute Gasteiger partial charge is 0.150 e. The van der Waals surface area contributed by atoms with E-state index >= 15 is 0 Å². The molecule has 2 aliphatic rings. The Morgan fingerprint density at radius 1 is 1.06 bits per heavy atom. The predicted octanol–water partition coefficient (Wildman–Crippen LogP) is 4.81. The third kappa shape index (κ3) is 4.08. The van der Waals surface area contributed by atoms with Crippen LogP contribution in [-0.4, -0.2) is 52.2 Å². The van der Waals surface area contributed by atoms with Crippen molar-refractivity contribution in [3.05, 3.63) is 54.6 Å². The first-order valence-electron chi connectivity index (χ1n) is 12.4. The first-order chi connectivity index (χ1) is 17.6. The zero-order chi connectivity index (χ0) is 24.6. The quantitative estimate of drug-likeness (QED) is 0.412. The summed E-state index contributed by atoms with van der Waals surface area (Å²) in [6, 6.07) is 10.5. The Balaban J connectivity index is 1.59. The lowest BCUT2D eigenvalue weighted by Gasteiger charge is -2.34. The molecule has 2 saturated heterocycles. The Hall–Kier alpha value is -3.56. The molecule has 0 saturated carbocycles. The van der Waals surface area contributed by atoms with Gasteiger partial charge in [-0.15, -0.1) is 0 Å². The first kappa shape index (κ1) is 22.9. The van der Waals surface area contributed by atoms with Gasteiger partial charge in [0.25, 0.3) is 0 Å². The molecule has 6 rings (SSSR count). The van der Waals surface area contributed by atoms with Gasteiger partial charge in [0.1, 0.15) is 22.8 Å². The van der Waals surface area contributed by atoms with Crippen LogP contribution >= 0.6 is 0 Å².